The van der Waals surface area contributed by atoms with Gasteiger partial charge in [-0.1, -0.05) is 25.5 Å². The highest BCUT2D eigenvalue weighted by Crippen LogP contribution is 2.59. The fourth-order valence-electron chi connectivity index (χ4n) is 3.18. The van der Waals surface area contributed by atoms with Crippen LogP contribution in [0.1, 0.15) is 39.5 Å². The Balaban J connectivity index is 1.91. The second-order valence-electron chi connectivity index (χ2n) is 5.42. The average molecular weight is 194 g/mol. The summed E-state index contributed by atoms with van der Waals surface area (Å²) in [5.74, 6) is 1.86. The molecule has 0 aromatic heterocycles. The Morgan fingerprint density at radius 1 is 1.50 bits per heavy atom. The molecule has 1 nitrogen and oxygen atoms in total. The summed E-state index contributed by atoms with van der Waals surface area (Å²) >= 11 is 0. The van der Waals surface area contributed by atoms with Crippen molar-refractivity contribution in [2.24, 2.45) is 17.3 Å². The highest BCUT2D eigenvalue weighted by atomic mass is 16.5. The quantitative estimate of drug-likeness (QED) is 0.492. The molecule has 3 rings (SSSR count). The zero-order valence-electron chi connectivity index (χ0n) is 9.68. The first-order valence-electron chi connectivity index (χ1n) is 5.84. The molecule has 0 radical (unpaired) electrons. The van der Waals surface area contributed by atoms with E-state index < -0.39 is 0 Å². The molecule has 0 aromatic carbocycles. The fourth-order valence-corrected chi connectivity index (χ4v) is 3.18. The van der Waals surface area contributed by atoms with E-state index >= 15 is 0 Å². The highest BCUT2D eigenvalue weighted by molar-refractivity contribution is 5.23. The minimum Gasteiger partial charge on any atom is -0.385 e. The van der Waals surface area contributed by atoms with Crippen molar-refractivity contribution in [1.82, 2.24) is 0 Å². The number of fused-ring (bicyclic) bond motifs is 1. The van der Waals surface area contributed by atoms with Gasteiger partial charge in [-0.2, -0.15) is 0 Å². The molecule has 0 aromatic rings. The largest absolute Gasteiger partial charge is 0.385 e. The molecular formula is C13H22O. The van der Waals surface area contributed by atoms with Crippen LogP contribution in [-0.4, -0.2) is 13.7 Å². The molecular weight excluding hydrogens is 172 g/mol. The average Bonchev–Trinajstić information content (AvgIpc) is 2.18. The molecule has 2 atom stereocenters. The van der Waals surface area contributed by atoms with Crippen molar-refractivity contribution in [3.05, 3.63) is 11.6 Å². The Labute approximate surface area is 87.5 Å². The van der Waals surface area contributed by atoms with Crippen LogP contribution in [0.2, 0.25) is 0 Å². The molecule has 1 heteroatoms. The van der Waals surface area contributed by atoms with Crippen molar-refractivity contribution in [2.75, 3.05) is 13.7 Å². The van der Waals surface area contributed by atoms with Crippen molar-refractivity contribution < 1.29 is 4.74 Å². The minimum atomic E-state index is 0.594. The lowest BCUT2D eigenvalue weighted by molar-refractivity contribution is -0.00882. The summed E-state index contributed by atoms with van der Waals surface area (Å²) in [6.07, 6.45) is 7.73. The Morgan fingerprint density at radius 2 is 2.29 bits per heavy atom. The lowest BCUT2D eigenvalue weighted by Gasteiger charge is -2.56. The lowest BCUT2D eigenvalue weighted by atomic mass is 9.48. The maximum absolute atomic E-state index is 5.11. The predicted octanol–water partition coefficient (Wildman–Crippen LogP) is 3.41. The molecule has 0 unspecified atom stereocenters. The number of allylic oxidation sites excluding steroid dienone is 2. The molecule has 14 heavy (non-hydrogen) atoms. The zero-order valence-corrected chi connectivity index (χ0v) is 9.68. The molecule has 0 saturated heterocycles. The maximum atomic E-state index is 5.11. The smallest absolute Gasteiger partial charge is 0.0465 e. The first-order valence-corrected chi connectivity index (χ1v) is 5.84. The molecule has 0 aliphatic heterocycles. The van der Waals surface area contributed by atoms with Crippen LogP contribution in [0.5, 0.6) is 0 Å². The summed E-state index contributed by atoms with van der Waals surface area (Å²) in [5.41, 5.74) is 2.31. The Morgan fingerprint density at radius 3 is 2.86 bits per heavy atom. The van der Waals surface area contributed by atoms with Gasteiger partial charge < -0.3 is 4.74 Å². The third-order valence-electron chi connectivity index (χ3n) is 4.40. The maximum Gasteiger partial charge on any atom is 0.0465 e. The Hall–Kier alpha value is -0.300. The summed E-state index contributed by atoms with van der Waals surface area (Å²) in [6, 6.07) is 0. The third kappa shape index (κ3) is 1.52. The zero-order chi connectivity index (χ0) is 10.2. The van der Waals surface area contributed by atoms with Gasteiger partial charge in [0.2, 0.25) is 0 Å². The van der Waals surface area contributed by atoms with Crippen LogP contribution >= 0.6 is 0 Å². The molecule has 0 amide bonds. The molecule has 3 aliphatic rings. The van der Waals surface area contributed by atoms with Crippen LogP contribution in [-0.2, 0) is 4.74 Å². The van der Waals surface area contributed by atoms with Gasteiger partial charge in [-0.15, -0.1) is 0 Å². The topological polar surface area (TPSA) is 9.23 Å². The van der Waals surface area contributed by atoms with Crippen LogP contribution < -0.4 is 0 Å². The fraction of sp³-hybridized carbons (Fsp3) is 0.846. The molecule has 0 spiro atoms. The summed E-state index contributed by atoms with van der Waals surface area (Å²) in [7, 11) is 1.79. The van der Waals surface area contributed by atoms with Crippen LogP contribution in [0.3, 0.4) is 0 Å². The van der Waals surface area contributed by atoms with E-state index in [0.29, 0.717) is 5.41 Å². The molecule has 1 saturated carbocycles. The lowest BCUT2D eigenvalue weighted by Crippen LogP contribution is -2.48. The van der Waals surface area contributed by atoms with E-state index in [0.717, 1.165) is 18.4 Å². The Kier molecular flexibility index (Phi) is 2.70. The SMILES string of the molecule is COCCCC1=CC[C@H]2C[C@@H]1C2(C)C. The van der Waals surface area contributed by atoms with E-state index in [1.54, 1.807) is 12.7 Å². The second kappa shape index (κ2) is 3.69. The van der Waals surface area contributed by atoms with Crippen molar-refractivity contribution >= 4 is 0 Å². The van der Waals surface area contributed by atoms with Gasteiger partial charge in [-0.3, -0.25) is 0 Å². The predicted molar refractivity (Wildman–Crippen MR) is 59.2 cm³/mol. The number of methoxy groups -OCH3 is 1. The number of rotatable bonds is 4. The van der Waals surface area contributed by atoms with E-state index in [1.807, 2.05) is 0 Å². The van der Waals surface area contributed by atoms with Gasteiger partial charge in [-0.25, -0.2) is 0 Å². The third-order valence-corrected chi connectivity index (χ3v) is 4.40. The van der Waals surface area contributed by atoms with E-state index in [9.17, 15) is 0 Å². The first-order chi connectivity index (χ1) is 6.66. The van der Waals surface area contributed by atoms with Crippen molar-refractivity contribution in [2.45, 2.75) is 39.5 Å². The van der Waals surface area contributed by atoms with Gasteiger partial charge >= 0.3 is 0 Å². The number of ether oxygens (including phenoxy) is 1. The Bertz CT molecular complexity index is 240. The number of hydrogen-bond acceptors (Lipinski definition) is 1. The van der Waals surface area contributed by atoms with Gasteiger partial charge in [-0.05, 0) is 42.9 Å². The molecule has 0 heterocycles. The van der Waals surface area contributed by atoms with Gasteiger partial charge in [0.1, 0.15) is 0 Å². The van der Waals surface area contributed by atoms with Gasteiger partial charge in [0, 0.05) is 13.7 Å². The molecule has 1 fully saturated rings. The van der Waals surface area contributed by atoms with Crippen molar-refractivity contribution in [3.63, 3.8) is 0 Å². The van der Waals surface area contributed by atoms with Crippen molar-refractivity contribution in [3.8, 4) is 0 Å². The van der Waals surface area contributed by atoms with Crippen LogP contribution in [0.25, 0.3) is 0 Å². The normalized spacial score (nSPS) is 33.5. The minimum absolute atomic E-state index is 0.594. The molecule has 80 valence electrons. The van der Waals surface area contributed by atoms with Crippen LogP contribution in [0.15, 0.2) is 11.6 Å². The summed E-state index contributed by atoms with van der Waals surface area (Å²) in [6.45, 7) is 5.79. The first kappa shape index (κ1) is 10.2. The van der Waals surface area contributed by atoms with Crippen molar-refractivity contribution in [1.29, 1.82) is 0 Å². The van der Waals surface area contributed by atoms with Crippen LogP contribution in [0, 0.1) is 17.3 Å². The second-order valence-corrected chi connectivity index (χ2v) is 5.42. The van der Waals surface area contributed by atoms with E-state index in [4.69, 9.17) is 4.74 Å². The summed E-state index contributed by atoms with van der Waals surface area (Å²) in [4.78, 5) is 0. The van der Waals surface area contributed by atoms with Gasteiger partial charge in [0.05, 0.1) is 0 Å². The van der Waals surface area contributed by atoms with Crippen LogP contribution in [0.4, 0.5) is 0 Å². The standard InChI is InChI=1S/C13H22O/c1-13(2)11-7-6-10(12(13)9-11)5-4-8-14-3/h6,11-12H,4-5,7-9H2,1-3H3/t11-,12-/m0/s1. The van der Waals surface area contributed by atoms with Gasteiger partial charge in [0.25, 0.3) is 0 Å². The highest BCUT2D eigenvalue weighted by Gasteiger charge is 2.50. The van der Waals surface area contributed by atoms with E-state index in [1.165, 1.54) is 25.7 Å². The van der Waals surface area contributed by atoms with E-state index in [2.05, 4.69) is 19.9 Å². The summed E-state index contributed by atoms with van der Waals surface area (Å²) < 4.78 is 5.11. The van der Waals surface area contributed by atoms with E-state index in [-0.39, 0.29) is 0 Å². The number of hydrogen-bond donors (Lipinski definition) is 0. The van der Waals surface area contributed by atoms with Gasteiger partial charge in [0.15, 0.2) is 0 Å². The summed E-state index contributed by atoms with van der Waals surface area (Å²) in [5, 5.41) is 0. The monoisotopic (exact) mass is 194 g/mol. The molecule has 2 bridgehead atoms. The molecule has 3 aliphatic carbocycles. The molecule has 0 N–H and O–H groups in total.